The SMILES string of the molecule is Cn1nc(C2CCC(=O)NC2=O)c2ccc(N3CCC(C4OCCO4)C3)cc21. The van der Waals surface area contributed by atoms with Gasteiger partial charge in [-0.3, -0.25) is 19.6 Å². The average Bonchev–Trinajstić information content (AvgIpc) is 3.42. The van der Waals surface area contributed by atoms with Crippen LogP contribution in [0.4, 0.5) is 5.69 Å². The largest absolute Gasteiger partial charge is 0.371 e. The number of fused-ring (bicyclic) bond motifs is 1. The Morgan fingerprint density at radius 3 is 2.79 bits per heavy atom. The van der Waals surface area contributed by atoms with Crippen molar-refractivity contribution in [2.24, 2.45) is 13.0 Å². The van der Waals surface area contributed by atoms with Gasteiger partial charge < -0.3 is 14.4 Å². The quantitative estimate of drug-likeness (QED) is 0.803. The highest BCUT2D eigenvalue weighted by Crippen LogP contribution is 2.34. The molecule has 1 aromatic carbocycles. The third-order valence-corrected chi connectivity index (χ3v) is 6.06. The summed E-state index contributed by atoms with van der Waals surface area (Å²) in [5.74, 6) is -0.439. The highest BCUT2D eigenvalue weighted by atomic mass is 16.7. The highest BCUT2D eigenvalue weighted by molar-refractivity contribution is 6.02. The molecule has 3 aliphatic rings. The van der Waals surface area contributed by atoms with Crippen molar-refractivity contribution in [2.45, 2.75) is 31.5 Å². The number of hydrogen-bond acceptors (Lipinski definition) is 6. The molecule has 8 nitrogen and oxygen atoms in total. The summed E-state index contributed by atoms with van der Waals surface area (Å²) < 4.78 is 13.2. The van der Waals surface area contributed by atoms with E-state index in [4.69, 9.17) is 9.47 Å². The first-order chi connectivity index (χ1) is 13.6. The Kier molecular flexibility index (Phi) is 4.32. The van der Waals surface area contributed by atoms with Crippen LogP contribution in [0.15, 0.2) is 18.2 Å². The first kappa shape index (κ1) is 17.6. The third-order valence-electron chi connectivity index (χ3n) is 6.06. The third kappa shape index (κ3) is 2.97. The number of piperidine rings is 1. The van der Waals surface area contributed by atoms with E-state index in [1.54, 1.807) is 0 Å². The molecular weight excluding hydrogens is 360 g/mol. The summed E-state index contributed by atoms with van der Waals surface area (Å²) in [6, 6.07) is 6.28. The van der Waals surface area contributed by atoms with Crippen LogP contribution in [0, 0.1) is 5.92 Å². The zero-order valence-corrected chi connectivity index (χ0v) is 15.9. The lowest BCUT2D eigenvalue weighted by Gasteiger charge is -2.21. The van der Waals surface area contributed by atoms with Crippen molar-refractivity contribution in [3.8, 4) is 0 Å². The van der Waals surface area contributed by atoms with Crippen molar-refractivity contribution in [1.29, 1.82) is 0 Å². The van der Waals surface area contributed by atoms with Crippen molar-refractivity contribution in [3.05, 3.63) is 23.9 Å². The Bertz CT molecular complexity index is 934. The molecule has 2 amide bonds. The highest BCUT2D eigenvalue weighted by Gasteiger charge is 2.34. The lowest BCUT2D eigenvalue weighted by Crippen LogP contribution is -2.39. The van der Waals surface area contributed by atoms with Gasteiger partial charge in [0.25, 0.3) is 0 Å². The average molecular weight is 384 g/mol. The number of ether oxygens (including phenoxy) is 2. The first-order valence-corrected chi connectivity index (χ1v) is 9.88. The zero-order chi connectivity index (χ0) is 19.3. The fourth-order valence-electron chi connectivity index (χ4n) is 4.58. The summed E-state index contributed by atoms with van der Waals surface area (Å²) in [7, 11) is 1.90. The number of amides is 2. The van der Waals surface area contributed by atoms with Crippen molar-refractivity contribution in [3.63, 3.8) is 0 Å². The van der Waals surface area contributed by atoms with Crippen LogP contribution in [0.5, 0.6) is 0 Å². The molecule has 5 rings (SSSR count). The van der Waals surface area contributed by atoms with Crippen LogP contribution in [0.2, 0.25) is 0 Å². The molecule has 2 aromatic rings. The Morgan fingerprint density at radius 1 is 1.18 bits per heavy atom. The van der Waals surface area contributed by atoms with Gasteiger partial charge in [-0.2, -0.15) is 5.10 Å². The van der Waals surface area contributed by atoms with E-state index in [-0.39, 0.29) is 24.0 Å². The number of hydrogen-bond donors (Lipinski definition) is 1. The van der Waals surface area contributed by atoms with Gasteiger partial charge in [0.1, 0.15) is 0 Å². The van der Waals surface area contributed by atoms with Gasteiger partial charge in [0.15, 0.2) is 6.29 Å². The van der Waals surface area contributed by atoms with Crippen LogP contribution in [0.3, 0.4) is 0 Å². The lowest BCUT2D eigenvalue weighted by atomic mass is 9.93. The number of aromatic nitrogens is 2. The topological polar surface area (TPSA) is 85.7 Å². The smallest absolute Gasteiger partial charge is 0.235 e. The van der Waals surface area contributed by atoms with Gasteiger partial charge in [-0.1, -0.05) is 0 Å². The molecule has 8 heteroatoms. The molecule has 3 fully saturated rings. The molecule has 1 N–H and O–H groups in total. The van der Waals surface area contributed by atoms with Crippen LogP contribution in [0.25, 0.3) is 10.9 Å². The minimum Gasteiger partial charge on any atom is -0.371 e. The number of rotatable bonds is 3. The van der Waals surface area contributed by atoms with Crippen molar-refractivity contribution in [1.82, 2.24) is 15.1 Å². The van der Waals surface area contributed by atoms with Crippen molar-refractivity contribution < 1.29 is 19.1 Å². The van der Waals surface area contributed by atoms with Gasteiger partial charge in [-0.05, 0) is 31.0 Å². The van der Waals surface area contributed by atoms with Crippen LogP contribution in [-0.4, -0.2) is 54.2 Å². The van der Waals surface area contributed by atoms with Gasteiger partial charge in [0, 0.05) is 43.5 Å². The number of carbonyl (C=O) groups excluding carboxylic acids is 2. The van der Waals surface area contributed by atoms with Gasteiger partial charge in [-0.15, -0.1) is 0 Å². The van der Waals surface area contributed by atoms with E-state index in [0.717, 1.165) is 41.8 Å². The van der Waals surface area contributed by atoms with Gasteiger partial charge in [0.05, 0.1) is 30.3 Å². The molecule has 1 aromatic heterocycles. The van der Waals surface area contributed by atoms with E-state index in [2.05, 4.69) is 27.4 Å². The molecule has 148 valence electrons. The Morgan fingerprint density at radius 2 is 2.00 bits per heavy atom. The number of anilines is 1. The standard InChI is InChI=1S/C20H24N4O4/c1-23-16-10-13(24-7-6-12(11-24)20-27-8-9-28-20)2-3-14(16)18(22-23)15-4-5-17(25)21-19(15)26/h2-3,10,12,15,20H,4-9,11H2,1H3,(H,21,25,26). The maximum Gasteiger partial charge on any atom is 0.235 e. The molecule has 2 unspecified atom stereocenters. The summed E-state index contributed by atoms with van der Waals surface area (Å²) >= 11 is 0. The molecule has 0 saturated carbocycles. The van der Waals surface area contributed by atoms with Gasteiger partial charge in [-0.25, -0.2) is 0 Å². The van der Waals surface area contributed by atoms with E-state index in [0.29, 0.717) is 32.0 Å². The van der Waals surface area contributed by atoms with Crippen LogP contribution >= 0.6 is 0 Å². The fraction of sp³-hybridized carbons (Fsp3) is 0.550. The minimum absolute atomic E-state index is 0.0791. The van der Waals surface area contributed by atoms with E-state index in [1.807, 2.05) is 17.8 Å². The number of benzene rings is 1. The molecule has 3 saturated heterocycles. The van der Waals surface area contributed by atoms with E-state index < -0.39 is 0 Å². The second kappa shape index (κ2) is 6.86. The number of imide groups is 1. The summed E-state index contributed by atoms with van der Waals surface area (Å²) in [6.07, 6.45) is 1.83. The number of nitrogens with zero attached hydrogens (tertiary/aromatic N) is 3. The summed E-state index contributed by atoms with van der Waals surface area (Å²) in [5, 5.41) is 8.02. The predicted molar refractivity (Wildman–Crippen MR) is 102 cm³/mol. The molecular formula is C20H24N4O4. The second-order valence-electron chi connectivity index (χ2n) is 7.82. The van der Waals surface area contributed by atoms with Crippen LogP contribution < -0.4 is 10.2 Å². The zero-order valence-electron chi connectivity index (χ0n) is 15.9. The van der Waals surface area contributed by atoms with E-state index >= 15 is 0 Å². The Labute approximate surface area is 162 Å². The number of aryl methyl sites for hydroxylation is 1. The summed E-state index contributed by atoms with van der Waals surface area (Å²) in [6.45, 7) is 3.25. The van der Waals surface area contributed by atoms with Crippen molar-refractivity contribution >= 4 is 28.4 Å². The normalized spacial score (nSPS) is 26.4. The second-order valence-corrected chi connectivity index (χ2v) is 7.82. The Balaban J connectivity index is 1.40. The predicted octanol–water partition coefficient (Wildman–Crippen LogP) is 1.29. The lowest BCUT2D eigenvalue weighted by molar-refractivity contribution is -0.134. The molecule has 0 radical (unpaired) electrons. The molecule has 4 heterocycles. The molecule has 0 aliphatic carbocycles. The van der Waals surface area contributed by atoms with Crippen molar-refractivity contribution in [2.75, 3.05) is 31.2 Å². The monoisotopic (exact) mass is 384 g/mol. The van der Waals surface area contributed by atoms with Crippen LogP contribution in [-0.2, 0) is 26.1 Å². The summed E-state index contributed by atoms with van der Waals surface area (Å²) in [4.78, 5) is 26.1. The number of carbonyl (C=O) groups is 2. The van der Waals surface area contributed by atoms with Gasteiger partial charge >= 0.3 is 0 Å². The minimum atomic E-state index is -0.375. The molecule has 0 spiro atoms. The first-order valence-electron chi connectivity index (χ1n) is 9.88. The molecule has 2 atom stereocenters. The maximum absolute atomic E-state index is 12.3. The van der Waals surface area contributed by atoms with E-state index in [1.165, 1.54) is 0 Å². The maximum atomic E-state index is 12.3. The fourth-order valence-corrected chi connectivity index (χ4v) is 4.58. The Hall–Kier alpha value is -2.45. The molecule has 28 heavy (non-hydrogen) atoms. The van der Waals surface area contributed by atoms with Gasteiger partial charge in [0.2, 0.25) is 11.8 Å². The van der Waals surface area contributed by atoms with Crippen LogP contribution in [0.1, 0.15) is 30.9 Å². The molecule has 0 bridgehead atoms. The summed E-state index contributed by atoms with van der Waals surface area (Å²) in [5.41, 5.74) is 2.89. The molecule has 3 aliphatic heterocycles. The number of nitrogens with one attached hydrogen (secondary N) is 1. The van der Waals surface area contributed by atoms with E-state index in [9.17, 15) is 9.59 Å².